The molecule has 0 heterocycles. The second kappa shape index (κ2) is 9.79. The van der Waals surface area contributed by atoms with Crippen LogP contribution in [0, 0.1) is 5.82 Å². The molecule has 162 valence electrons. The van der Waals surface area contributed by atoms with Crippen molar-refractivity contribution < 1.29 is 31.9 Å². The lowest BCUT2D eigenvalue weighted by atomic mass is 10.1. The minimum absolute atomic E-state index is 0.185. The lowest BCUT2D eigenvalue weighted by Crippen LogP contribution is -2.47. The van der Waals surface area contributed by atoms with Crippen molar-refractivity contribution in [3.8, 4) is 0 Å². The second-order valence-electron chi connectivity index (χ2n) is 7.42. The molecule has 0 atom stereocenters. The van der Waals surface area contributed by atoms with Gasteiger partial charge in [0, 0.05) is 19.6 Å². The minimum atomic E-state index is -4.02. The zero-order chi connectivity index (χ0) is 22.4. The predicted octanol–water partition coefficient (Wildman–Crippen LogP) is 0.363. The van der Waals surface area contributed by atoms with Crippen LogP contribution in [0.4, 0.5) is 4.39 Å². The lowest BCUT2D eigenvalue weighted by molar-refractivity contribution is -0.152. The predicted molar refractivity (Wildman–Crippen MR) is 103 cm³/mol. The number of amides is 2. The Bertz CT molecular complexity index is 849. The van der Waals surface area contributed by atoms with Crippen molar-refractivity contribution in [1.29, 1.82) is 0 Å². The van der Waals surface area contributed by atoms with E-state index >= 15 is 0 Å². The van der Waals surface area contributed by atoms with E-state index in [9.17, 15) is 27.2 Å². The number of benzene rings is 1. The lowest BCUT2D eigenvalue weighted by Gasteiger charge is -2.23. The maximum absolute atomic E-state index is 12.9. The Morgan fingerprint density at radius 3 is 2.14 bits per heavy atom. The molecule has 0 saturated heterocycles. The number of nitrogens with zero attached hydrogens (tertiary/aromatic N) is 2. The van der Waals surface area contributed by atoms with E-state index < -0.39 is 46.4 Å². The summed E-state index contributed by atoms with van der Waals surface area (Å²) in [7, 11) is -1.49. The molecule has 0 radical (unpaired) electrons. The number of hydrogen-bond donors (Lipinski definition) is 1. The van der Waals surface area contributed by atoms with Gasteiger partial charge in [-0.3, -0.25) is 14.4 Å². The summed E-state index contributed by atoms with van der Waals surface area (Å²) in [6.45, 7) is 3.90. The summed E-state index contributed by atoms with van der Waals surface area (Å²) < 4.78 is 43.1. The van der Waals surface area contributed by atoms with Gasteiger partial charge >= 0.3 is 5.97 Å². The summed E-state index contributed by atoms with van der Waals surface area (Å²) >= 11 is 0. The Labute approximate surface area is 169 Å². The first-order chi connectivity index (χ1) is 13.2. The van der Waals surface area contributed by atoms with Gasteiger partial charge in [0.2, 0.25) is 15.9 Å². The van der Waals surface area contributed by atoms with Crippen molar-refractivity contribution in [1.82, 2.24) is 14.5 Å². The maximum Gasteiger partial charge on any atom is 0.321 e. The largest absolute Gasteiger partial charge is 0.455 e. The van der Waals surface area contributed by atoms with Crippen LogP contribution in [0.1, 0.15) is 20.8 Å². The van der Waals surface area contributed by atoms with E-state index in [1.165, 1.54) is 7.05 Å². The fourth-order valence-electron chi connectivity index (χ4n) is 2.11. The van der Waals surface area contributed by atoms with Gasteiger partial charge in [0.25, 0.3) is 5.91 Å². The molecule has 1 rings (SSSR count). The molecule has 0 aliphatic rings. The van der Waals surface area contributed by atoms with Crippen LogP contribution in [0.3, 0.4) is 0 Å². The summed E-state index contributed by atoms with van der Waals surface area (Å²) in [6.07, 6.45) is 0. The van der Waals surface area contributed by atoms with Crippen LogP contribution in [0.25, 0.3) is 0 Å². The number of rotatable bonds is 8. The third kappa shape index (κ3) is 8.16. The molecule has 0 bridgehead atoms. The van der Waals surface area contributed by atoms with Gasteiger partial charge < -0.3 is 15.0 Å². The number of carbonyl (C=O) groups is 3. The molecule has 11 heteroatoms. The first-order valence-corrected chi connectivity index (χ1v) is 10.1. The number of nitrogens with one attached hydrogen (secondary N) is 1. The summed E-state index contributed by atoms with van der Waals surface area (Å²) in [4.78, 5) is 36.6. The van der Waals surface area contributed by atoms with Crippen LogP contribution in [0.5, 0.6) is 0 Å². The standard InChI is InChI=1S/C18H26FN3O6S/c1-18(2,3)20-15(23)10-21(4)16(24)12-28-17(25)11-22(5)29(26,27)14-8-6-13(19)7-9-14/h6-9H,10-12H2,1-5H3,(H,20,23). The van der Waals surface area contributed by atoms with Gasteiger partial charge in [0.1, 0.15) is 12.4 Å². The Hall–Kier alpha value is -2.53. The molecule has 0 unspecified atom stereocenters. The summed E-state index contributed by atoms with van der Waals surface area (Å²) in [5.41, 5.74) is -0.450. The highest BCUT2D eigenvalue weighted by Gasteiger charge is 2.24. The number of sulfonamides is 1. The Balaban J connectivity index is 2.54. The average molecular weight is 431 g/mol. The molecule has 0 fully saturated rings. The van der Waals surface area contributed by atoms with Crippen LogP contribution >= 0.6 is 0 Å². The number of hydrogen-bond acceptors (Lipinski definition) is 6. The molecule has 0 aliphatic heterocycles. The molecule has 0 spiro atoms. The molecule has 2 amide bonds. The van der Waals surface area contributed by atoms with E-state index in [0.717, 1.165) is 40.5 Å². The van der Waals surface area contributed by atoms with Crippen molar-refractivity contribution >= 4 is 27.8 Å². The highest BCUT2D eigenvalue weighted by atomic mass is 32.2. The Morgan fingerprint density at radius 1 is 1.07 bits per heavy atom. The highest BCUT2D eigenvalue weighted by Crippen LogP contribution is 2.14. The monoisotopic (exact) mass is 431 g/mol. The Kier molecular flexibility index (Phi) is 8.27. The van der Waals surface area contributed by atoms with Gasteiger partial charge in [-0.2, -0.15) is 4.31 Å². The normalized spacial score (nSPS) is 11.8. The fourth-order valence-corrected chi connectivity index (χ4v) is 3.23. The number of esters is 1. The van der Waals surface area contributed by atoms with E-state index in [4.69, 9.17) is 4.74 Å². The zero-order valence-corrected chi connectivity index (χ0v) is 17.9. The Morgan fingerprint density at radius 2 is 1.62 bits per heavy atom. The average Bonchev–Trinajstić information content (AvgIpc) is 2.58. The number of carbonyl (C=O) groups excluding carboxylic acids is 3. The van der Waals surface area contributed by atoms with Crippen LogP contribution in [0.2, 0.25) is 0 Å². The zero-order valence-electron chi connectivity index (χ0n) is 17.1. The molecule has 0 aromatic heterocycles. The number of ether oxygens (including phenoxy) is 1. The third-order valence-electron chi connectivity index (χ3n) is 3.55. The van der Waals surface area contributed by atoms with E-state index in [2.05, 4.69) is 5.32 Å². The van der Waals surface area contributed by atoms with Crippen molar-refractivity contribution in [3.05, 3.63) is 30.1 Å². The van der Waals surface area contributed by atoms with Crippen LogP contribution in [-0.4, -0.2) is 74.7 Å². The fraction of sp³-hybridized carbons (Fsp3) is 0.500. The van der Waals surface area contributed by atoms with E-state index in [1.807, 2.05) is 0 Å². The molecule has 0 saturated carbocycles. The van der Waals surface area contributed by atoms with E-state index in [-0.39, 0.29) is 17.3 Å². The van der Waals surface area contributed by atoms with Crippen LogP contribution < -0.4 is 5.32 Å². The quantitative estimate of drug-likeness (QED) is 0.595. The molecule has 9 nitrogen and oxygen atoms in total. The summed E-state index contributed by atoms with van der Waals surface area (Å²) in [5, 5.41) is 2.69. The van der Waals surface area contributed by atoms with Gasteiger partial charge in [-0.25, -0.2) is 12.8 Å². The topological polar surface area (TPSA) is 113 Å². The number of likely N-dealkylation sites (N-methyl/N-ethyl adjacent to an activating group) is 2. The maximum atomic E-state index is 12.9. The van der Waals surface area contributed by atoms with Crippen molar-refractivity contribution in [3.63, 3.8) is 0 Å². The first kappa shape index (κ1) is 24.5. The van der Waals surface area contributed by atoms with Gasteiger partial charge in [-0.1, -0.05) is 0 Å². The van der Waals surface area contributed by atoms with Gasteiger partial charge in [-0.05, 0) is 45.0 Å². The van der Waals surface area contributed by atoms with Gasteiger partial charge in [0.05, 0.1) is 11.4 Å². The molecule has 1 aromatic carbocycles. The van der Waals surface area contributed by atoms with Gasteiger partial charge in [0.15, 0.2) is 6.61 Å². The summed E-state index contributed by atoms with van der Waals surface area (Å²) in [5.74, 6) is -2.53. The van der Waals surface area contributed by atoms with Crippen LogP contribution in [-0.2, 0) is 29.1 Å². The molecule has 0 aliphatic carbocycles. The van der Waals surface area contributed by atoms with Gasteiger partial charge in [-0.15, -0.1) is 0 Å². The van der Waals surface area contributed by atoms with E-state index in [1.54, 1.807) is 20.8 Å². The van der Waals surface area contributed by atoms with Crippen molar-refractivity contribution in [2.24, 2.45) is 0 Å². The summed E-state index contributed by atoms with van der Waals surface area (Å²) in [6, 6.07) is 4.13. The minimum Gasteiger partial charge on any atom is -0.455 e. The highest BCUT2D eigenvalue weighted by molar-refractivity contribution is 7.89. The first-order valence-electron chi connectivity index (χ1n) is 8.65. The SMILES string of the molecule is CN(CC(=O)NC(C)(C)C)C(=O)COC(=O)CN(C)S(=O)(=O)c1ccc(F)cc1. The molecule has 1 N–H and O–H groups in total. The van der Waals surface area contributed by atoms with E-state index in [0.29, 0.717) is 0 Å². The smallest absolute Gasteiger partial charge is 0.321 e. The van der Waals surface area contributed by atoms with Crippen molar-refractivity contribution in [2.45, 2.75) is 31.2 Å². The molecule has 1 aromatic rings. The molecular weight excluding hydrogens is 405 g/mol. The van der Waals surface area contributed by atoms with Crippen LogP contribution in [0.15, 0.2) is 29.2 Å². The van der Waals surface area contributed by atoms with Crippen molar-refractivity contribution in [2.75, 3.05) is 33.8 Å². The molecular formula is C18H26FN3O6S. The molecule has 29 heavy (non-hydrogen) atoms. The third-order valence-corrected chi connectivity index (χ3v) is 5.37. The second-order valence-corrected chi connectivity index (χ2v) is 9.47. The number of halogens is 1.